The molecule has 0 aliphatic carbocycles. The molecule has 10 nitrogen and oxygen atoms in total. The first-order valence-electron chi connectivity index (χ1n) is 12.8. The highest BCUT2D eigenvalue weighted by Gasteiger charge is 2.24. The van der Waals surface area contributed by atoms with Crippen molar-refractivity contribution in [2.45, 2.75) is 37.7 Å². The van der Waals surface area contributed by atoms with Crippen molar-refractivity contribution < 1.29 is 27.1 Å². The van der Waals surface area contributed by atoms with Crippen molar-refractivity contribution in [2.24, 2.45) is 0 Å². The van der Waals surface area contributed by atoms with Crippen LogP contribution in [0.15, 0.2) is 53.8 Å². The van der Waals surface area contributed by atoms with Crippen molar-refractivity contribution in [3.63, 3.8) is 0 Å². The van der Waals surface area contributed by atoms with E-state index in [1.54, 1.807) is 24.1 Å². The zero-order valence-corrected chi connectivity index (χ0v) is 24.1. The first kappa shape index (κ1) is 28.5. The van der Waals surface area contributed by atoms with Gasteiger partial charge in [0, 0.05) is 55.7 Å². The van der Waals surface area contributed by atoms with E-state index < -0.39 is 15.8 Å². The molecule has 1 aliphatic heterocycles. The number of piperidine rings is 1. The second kappa shape index (κ2) is 11.5. The van der Waals surface area contributed by atoms with Gasteiger partial charge in [-0.25, -0.2) is 27.8 Å². The van der Waals surface area contributed by atoms with Gasteiger partial charge < -0.3 is 14.4 Å². The molecule has 0 radical (unpaired) electrons. The topological polar surface area (TPSA) is 124 Å². The number of carbonyl (C=O) groups excluding carboxylic acids is 1. The van der Waals surface area contributed by atoms with Gasteiger partial charge in [0.05, 0.1) is 12.1 Å². The maximum absolute atomic E-state index is 13.5. The van der Waals surface area contributed by atoms with Crippen LogP contribution < -0.4 is 14.2 Å². The van der Waals surface area contributed by atoms with Gasteiger partial charge in [-0.2, -0.15) is 0 Å². The Morgan fingerprint density at radius 2 is 1.85 bits per heavy atom. The summed E-state index contributed by atoms with van der Waals surface area (Å²) in [5.41, 5.74) is 2.69. The fraction of sp³-hybridized carbons (Fsp3) is 0.286. The molecule has 41 heavy (non-hydrogen) atoms. The average Bonchev–Trinajstić information content (AvgIpc) is 2.93. The molecule has 0 atom stereocenters. The first-order chi connectivity index (χ1) is 19.6. The number of methoxy groups -OCH3 is 1. The number of hydrogen-bond acceptors (Lipinski definition) is 8. The molecule has 214 valence electrons. The molecule has 1 aliphatic rings. The number of aryl methyl sites for hydroxylation is 1. The van der Waals surface area contributed by atoms with Gasteiger partial charge >= 0.3 is 0 Å². The van der Waals surface area contributed by atoms with Crippen LogP contribution in [0.3, 0.4) is 0 Å². The van der Waals surface area contributed by atoms with Crippen LogP contribution in [0.5, 0.6) is 11.6 Å². The van der Waals surface area contributed by atoms with Crippen LogP contribution in [0, 0.1) is 12.7 Å². The molecule has 0 spiro atoms. The summed E-state index contributed by atoms with van der Waals surface area (Å²) in [7, 11) is -2.85. The van der Waals surface area contributed by atoms with Crippen molar-refractivity contribution in [3.05, 3.63) is 65.5 Å². The minimum absolute atomic E-state index is 0.0320. The molecule has 5 rings (SSSR count). The number of sulfonamides is 1. The molecule has 4 aromatic rings. The summed E-state index contributed by atoms with van der Waals surface area (Å²) in [6.07, 6.45) is 4.27. The van der Waals surface area contributed by atoms with Gasteiger partial charge in [-0.05, 0) is 48.9 Å². The summed E-state index contributed by atoms with van der Waals surface area (Å²) < 4.78 is 54.0. The molecular weight excluding hydrogens is 573 g/mol. The lowest BCUT2D eigenvalue weighted by Crippen LogP contribution is -2.40. The highest BCUT2D eigenvalue weighted by molar-refractivity contribution is 7.92. The van der Waals surface area contributed by atoms with Crippen molar-refractivity contribution in [1.29, 1.82) is 0 Å². The molecule has 3 heterocycles. The van der Waals surface area contributed by atoms with E-state index in [-0.39, 0.29) is 33.5 Å². The van der Waals surface area contributed by atoms with E-state index in [0.717, 1.165) is 29.3 Å². The number of amides is 1. The fourth-order valence-electron chi connectivity index (χ4n) is 4.72. The molecule has 0 saturated carbocycles. The Morgan fingerprint density at radius 3 is 2.54 bits per heavy atom. The number of ether oxygens (including phenoxy) is 2. The Bertz CT molecular complexity index is 1750. The van der Waals surface area contributed by atoms with Crippen molar-refractivity contribution in [2.75, 3.05) is 24.9 Å². The molecule has 1 saturated heterocycles. The number of likely N-dealkylation sites (tertiary alicyclic amines) is 1. The van der Waals surface area contributed by atoms with Gasteiger partial charge in [0.25, 0.3) is 10.0 Å². The molecule has 0 unspecified atom stereocenters. The normalized spacial score (nSPS) is 14.2. The molecular formula is C28H27ClFN5O5S. The number of aromatic nitrogens is 3. The van der Waals surface area contributed by atoms with Crippen LogP contribution in [0.4, 0.5) is 10.1 Å². The summed E-state index contributed by atoms with van der Waals surface area (Å²) in [4.78, 5) is 26.3. The number of pyridine rings is 1. The lowest BCUT2D eigenvalue weighted by atomic mass is 10.0. The Hall–Kier alpha value is -4.03. The van der Waals surface area contributed by atoms with E-state index in [4.69, 9.17) is 21.1 Å². The smallest absolute Gasteiger partial charge is 0.263 e. The van der Waals surface area contributed by atoms with E-state index in [1.165, 1.54) is 13.4 Å². The predicted octanol–water partition coefficient (Wildman–Crippen LogP) is 4.99. The van der Waals surface area contributed by atoms with Crippen LogP contribution in [-0.2, 0) is 14.8 Å². The molecule has 1 fully saturated rings. The maximum atomic E-state index is 13.5. The van der Waals surface area contributed by atoms with E-state index >= 15 is 0 Å². The number of rotatable bonds is 7. The Balaban J connectivity index is 1.52. The number of nitrogens with one attached hydrogen (secondary N) is 1. The number of hydrogen-bond donors (Lipinski definition) is 1. The monoisotopic (exact) mass is 599 g/mol. The third kappa shape index (κ3) is 6.03. The SMILES string of the molecule is COc1ncc(-c2cc(OC3CCN(C(C)=O)CC3)c3ncnc(C)c3c2)cc1NS(=O)(=O)c1ccc(F)cc1Cl. The van der Waals surface area contributed by atoms with Gasteiger partial charge in [0.2, 0.25) is 11.8 Å². The number of fused-ring (bicyclic) bond motifs is 1. The molecule has 0 bridgehead atoms. The summed E-state index contributed by atoms with van der Waals surface area (Å²) >= 11 is 6.02. The van der Waals surface area contributed by atoms with Crippen LogP contribution in [-0.4, -0.2) is 60.5 Å². The van der Waals surface area contributed by atoms with Gasteiger partial charge in [-0.1, -0.05) is 11.6 Å². The minimum Gasteiger partial charge on any atom is -0.488 e. The second-order valence-electron chi connectivity index (χ2n) is 9.61. The number of benzene rings is 2. The fourth-order valence-corrected chi connectivity index (χ4v) is 6.30. The number of halogens is 2. The van der Waals surface area contributed by atoms with Crippen molar-refractivity contribution >= 4 is 44.1 Å². The summed E-state index contributed by atoms with van der Waals surface area (Å²) in [5.74, 6) is -0.0440. The molecule has 2 aromatic heterocycles. The highest BCUT2D eigenvalue weighted by Crippen LogP contribution is 2.37. The molecule has 2 aromatic carbocycles. The molecule has 13 heteroatoms. The average molecular weight is 600 g/mol. The number of anilines is 1. The molecule has 1 N–H and O–H groups in total. The van der Waals surface area contributed by atoms with E-state index in [0.29, 0.717) is 48.3 Å². The largest absolute Gasteiger partial charge is 0.488 e. The second-order valence-corrected chi connectivity index (χ2v) is 11.7. The zero-order chi connectivity index (χ0) is 29.3. The minimum atomic E-state index is -4.21. The number of nitrogens with zero attached hydrogens (tertiary/aromatic N) is 4. The molecule has 1 amide bonds. The lowest BCUT2D eigenvalue weighted by molar-refractivity contribution is -0.130. The standard InChI is InChI=1S/C28H27ClFN5O5S/c1-16-22-10-18(12-25(27(22)33-15-32-16)40-21-6-8-35(9-7-21)17(2)36)19-11-24(28(39-3)31-14-19)34-41(37,38)26-5-4-20(30)13-23(26)29/h4-5,10-15,21,34H,6-9H2,1-3H3. The summed E-state index contributed by atoms with van der Waals surface area (Å²) in [5, 5.41) is 0.499. The Kier molecular flexibility index (Phi) is 7.96. The van der Waals surface area contributed by atoms with Gasteiger partial charge in [0.1, 0.15) is 40.1 Å². The van der Waals surface area contributed by atoms with Gasteiger partial charge in [-0.15, -0.1) is 0 Å². The third-order valence-electron chi connectivity index (χ3n) is 6.89. The van der Waals surface area contributed by atoms with Gasteiger partial charge in [0.15, 0.2) is 0 Å². The summed E-state index contributed by atoms with van der Waals surface area (Å²) in [6, 6.07) is 8.31. The van der Waals surface area contributed by atoms with Crippen LogP contribution in [0.2, 0.25) is 5.02 Å². The maximum Gasteiger partial charge on any atom is 0.263 e. The summed E-state index contributed by atoms with van der Waals surface area (Å²) in [6.45, 7) is 4.63. The van der Waals surface area contributed by atoms with Gasteiger partial charge in [-0.3, -0.25) is 9.52 Å². The highest BCUT2D eigenvalue weighted by atomic mass is 35.5. The lowest BCUT2D eigenvalue weighted by Gasteiger charge is -2.31. The van der Waals surface area contributed by atoms with E-state index in [2.05, 4.69) is 19.7 Å². The Labute approximate surface area is 241 Å². The number of carbonyl (C=O) groups is 1. The van der Waals surface area contributed by atoms with Crippen LogP contribution in [0.1, 0.15) is 25.5 Å². The van der Waals surface area contributed by atoms with E-state index in [1.807, 2.05) is 19.1 Å². The van der Waals surface area contributed by atoms with Crippen molar-refractivity contribution in [3.8, 4) is 22.8 Å². The first-order valence-corrected chi connectivity index (χ1v) is 14.6. The quantitative estimate of drug-likeness (QED) is 0.315. The zero-order valence-electron chi connectivity index (χ0n) is 22.5. The Morgan fingerprint density at radius 1 is 1.10 bits per heavy atom. The van der Waals surface area contributed by atoms with Crippen LogP contribution >= 0.6 is 11.6 Å². The van der Waals surface area contributed by atoms with Crippen molar-refractivity contribution in [1.82, 2.24) is 19.9 Å². The van der Waals surface area contributed by atoms with Crippen LogP contribution in [0.25, 0.3) is 22.0 Å². The van der Waals surface area contributed by atoms with E-state index in [9.17, 15) is 17.6 Å². The predicted molar refractivity (Wildman–Crippen MR) is 152 cm³/mol. The third-order valence-corrected chi connectivity index (χ3v) is 8.74.